The van der Waals surface area contributed by atoms with Gasteiger partial charge in [0, 0.05) is 37.6 Å². The van der Waals surface area contributed by atoms with E-state index in [1.807, 2.05) is 24.4 Å². The first kappa shape index (κ1) is 24.6. The predicted molar refractivity (Wildman–Crippen MR) is 112 cm³/mol. The van der Waals surface area contributed by atoms with E-state index in [1.165, 1.54) is 12.8 Å². The molecule has 2 aliphatic rings. The van der Waals surface area contributed by atoms with Gasteiger partial charge >= 0.3 is 12.1 Å². The standard InChI is InChI=1S/C19H25N5O2.C2HF3O2/c1-25-19-15(3-2-7-21-19)12-24-9-10-26-13-16(24)18-20-8-6-17(23-18)22-11-14-4-5-14;3-2(4,5)1(6)7/h2-3,6-8,14,16H,4-5,9-13H2,1H3,(H,20,22,23);(H,6,7). The lowest BCUT2D eigenvalue weighted by molar-refractivity contribution is -0.192. The lowest BCUT2D eigenvalue weighted by Gasteiger charge is -2.34. The van der Waals surface area contributed by atoms with Crippen LogP contribution in [-0.2, 0) is 16.1 Å². The zero-order valence-electron chi connectivity index (χ0n) is 18.1. The van der Waals surface area contributed by atoms with Gasteiger partial charge in [0.15, 0.2) is 0 Å². The van der Waals surface area contributed by atoms with Crippen LogP contribution in [0.25, 0.3) is 0 Å². The van der Waals surface area contributed by atoms with Crippen molar-refractivity contribution in [2.24, 2.45) is 5.92 Å². The van der Waals surface area contributed by atoms with Gasteiger partial charge in [0.25, 0.3) is 0 Å². The summed E-state index contributed by atoms with van der Waals surface area (Å²) >= 11 is 0. The lowest BCUT2D eigenvalue weighted by Crippen LogP contribution is -2.40. The summed E-state index contributed by atoms with van der Waals surface area (Å²) in [5.41, 5.74) is 1.06. The Bertz CT molecular complexity index is 927. The van der Waals surface area contributed by atoms with Gasteiger partial charge in [-0.2, -0.15) is 13.2 Å². The maximum atomic E-state index is 10.6. The number of halogens is 3. The zero-order chi connectivity index (χ0) is 23.8. The van der Waals surface area contributed by atoms with Crippen LogP contribution >= 0.6 is 0 Å². The Balaban J connectivity index is 0.000000383. The molecule has 0 amide bonds. The van der Waals surface area contributed by atoms with Crippen molar-refractivity contribution in [3.05, 3.63) is 42.0 Å². The topological polar surface area (TPSA) is 110 Å². The average molecular weight is 469 g/mol. The van der Waals surface area contributed by atoms with Crippen molar-refractivity contribution >= 4 is 11.8 Å². The Morgan fingerprint density at radius 2 is 2.06 bits per heavy atom. The molecule has 2 fully saturated rings. The number of aliphatic carboxylic acids is 1. The van der Waals surface area contributed by atoms with E-state index < -0.39 is 12.1 Å². The van der Waals surface area contributed by atoms with E-state index in [2.05, 4.69) is 20.2 Å². The van der Waals surface area contributed by atoms with Crippen LogP contribution in [0.15, 0.2) is 30.6 Å². The van der Waals surface area contributed by atoms with Crippen molar-refractivity contribution in [2.45, 2.75) is 31.6 Å². The van der Waals surface area contributed by atoms with Crippen molar-refractivity contribution in [3.8, 4) is 5.88 Å². The number of hydrogen-bond acceptors (Lipinski definition) is 8. The number of aromatic nitrogens is 3. The molecule has 1 saturated carbocycles. The third-order valence-electron chi connectivity index (χ3n) is 5.14. The molecule has 2 N–H and O–H groups in total. The highest BCUT2D eigenvalue weighted by molar-refractivity contribution is 5.73. The second kappa shape index (κ2) is 11.2. The summed E-state index contributed by atoms with van der Waals surface area (Å²) in [5, 5.41) is 10.6. The van der Waals surface area contributed by atoms with Crippen LogP contribution < -0.4 is 10.1 Å². The molecule has 1 unspecified atom stereocenters. The van der Waals surface area contributed by atoms with E-state index in [-0.39, 0.29) is 6.04 Å². The maximum absolute atomic E-state index is 10.6. The van der Waals surface area contributed by atoms with Crippen molar-refractivity contribution in [3.63, 3.8) is 0 Å². The van der Waals surface area contributed by atoms with E-state index in [9.17, 15) is 13.2 Å². The molecular weight excluding hydrogens is 443 g/mol. The van der Waals surface area contributed by atoms with Gasteiger partial charge < -0.3 is 19.9 Å². The third-order valence-corrected chi connectivity index (χ3v) is 5.14. The average Bonchev–Trinajstić information content (AvgIpc) is 3.63. The second-order valence-corrected chi connectivity index (χ2v) is 7.66. The molecule has 1 saturated heterocycles. The fraction of sp³-hybridized carbons (Fsp3) is 0.524. The van der Waals surface area contributed by atoms with Gasteiger partial charge in [-0.05, 0) is 30.9 Å². The van der Waals surface area contributed by atoms with Crippen molar-refractivity contribution < 1.29 is 32.5 Å². The highest BCUT2D eigenvalue weighted by atomic mass is 19.4. The molecule has 0 radical (unpaired) electrons. The molecule has 9 nitrogen and oxygen atoms in total. The van der Waals surface area contributed by atoms with Crippen molar-refractivity contribution in [2.75, 3.05) is 38.7 Å². The van der Waals surface area contributed by atoms with E-state index in [0.29, 0.717) is 19.1 Å². The Hall–Kier alpha value is -2.99. The van der Waals surface area contributed by atoms with E-state index in [4.69, 9.17) is 24.4 Å². The van der Waals surface area contributed by atoms with Crippen molar-refractivity contribution in [1.29, 1.82) is 0 Å². The van der Waals surface area contributed by atoms with Crippen LogP contribution in [0.1, 0.15) is 30.3 Å². The number of alkyl halides is 3. The van der Waals surface area contributed by atoms with Gasteiger partial charge in [0.2, 0.25) is 5.88 Å². The quantitative estimate of drug-likeness (QED) is 0.633. The van der Waals surface area contributed by atoms with Crippen LogP contribution in [0, 0.1) is 5.92 Å². The second-order valence-electron chi connectivity index (χ2n) is 7.66. The maximum Gasteiger partial charge on any atom is 0.490 e. The van der Waals surface area contributed by atoms with Crippen LogP contribution in [0.4, 0.5) is 19.0 Å². The summed E-state index contributed by atoms with van der Waals surface area (Å²) in [6, 6.07) is 5.94. The van der Waals surface area contributed by atoms with Gasteiger partial charge in [0.1, 0.15) is 11.6 Å². The first-order valence-electron chi connectivity index (χ1n) is 10.4. The number of carboxylic acid groups (broad SMARTS) is 1. The number of ether oxygens (including phenoxy) is 2. The summed E-state index contributed by atoms with van der Waals surface area (Å²) < 4.78 is 42.9. The van der Waals surface area contributed by atoms with Crippen LogP contribution in [-0.4, -0.2) is 70.5 Å². The van der Waals surface area contributed by atoms with Crippen molar-refractivity contribution in [1.82, 2.24) is 19.9 Å². The number of hydrogen-bond donors (Lipinski definition) is 2. The minimum absolute atomic E-state index is 0.0244. The number of methoxy groups -OCH3 is 1. The first-order valence-corrected chi connectivity index (χ1v) is 10.4. The number of anilines is 1. The molecule has 0 bridgehead atoms. The summed E-state index contributed by atoms with van der Waals surface area (Å²) in [7, 11) is 1.65. The zero-order valence-corrected chi connectivity index (χ0v) is 18.1. The number of rotatable bonds is 7. The molecule has 0 spiro atoms. The molecule has 4 rings (SSSR count). The molecule has 0 aromatic carbocycles. The fourth-order valence-electron chi connectivity index (χ4n) is 3.22. The Labute approximate surface area is 189 Å². The predicted octanol–water partition coefficient (Wildman–Crippen LogP) is 2.91. The smallest absolute Gasteiger partial charge is 0.481 e. The Kier molecular flexibility index (Phi) is 8.39. The molecule has 1 aliphatic heterocycles. The number of carboxylic acids is 1. The molecule has 1 aliphatic carbocycles. The van der Waals surface area contributed by atoms with E-state index in [0.717, 1.165) is 42.8 Å². The van der Waals surface area contributed by atoms with Gasteiger partial charge in [-0.15, -0.1) is 0 Å². The van der Waals surface area contributed by atoms with Gasteiger partial charge in [-0.25, -0.2) is 19.7 Å². The summed E-state index contributed by atoms with van der Waals surface area (Å²) in [5.74, 6) is 0.409. The summed E-state index contributed by atoms with van der Waals surface area (Å²) in [4.78, 5) is 24.8. The molecular formula is C21H26F3N5O4. The molecule has 12 heteroatoms. The SMILES string of the molecule is COc1ncccc1CN1CCOCC1c1nccc(NCC2CC2)n1.O=C(O)C(F)(F)F. The molecule has 1 atom stereocenters. The van der Waals surface area contributed by atoms with Crippen LogP contribution in [0.2, 0.25) is 0 Å². The van der Waals surface area contributed by atoms with Gasteiger partial charge in [-0.1, -0.05) is 6.07 Å². The molecule has 3 heterocycles. The van der Waals surface area contributed by atoms with Crippen LogP contribution in [0.5, 0.6) is 5.88 Å². The van der Waals surface area contributed by atoms with E-state index >= 15 is 0 Å². The molecule has 2 aromatic rings. The summed E-state index contributed by atoms with van der Waals surface area (Å²) in [6.07, 6.45) is 1.14. The number of nitrogens with one attached hydrogen (secondary N) is 1. The third kappa shape index (κ3) is 7.53. The first-order chi connectivity index (χ1) is 15.8. The Morgan fingerprint density at radius 3 is 2.73 bits per heavy atom. The minimum atomic E-state index is -5.08. The molecule has 2 aromatic heterocycles. The van der Waals surface area contributed by atoms with Crippen LogP contribution in [0.3, 0.4) is 0 Å². The monoisotopic (exact) mass is 469 g/mol. The highest BCUT2D eigenvalue weighted by Gasteiger charge is 2.38. The minimum Gasteiger partial charge on any atom is -0.481 e. The number of carbonyl (C=O) groups is 1. The fourth-order valence-corrected chi connectivity index (χ4v) is 3.22. The largest absolute Gasteiger partial charge is 0.490 e. The number of morpholine rings is 1. The van der Waals surface area contributed by atoms with Gasteiger partial charge in [0.05, 0.1) is 26.4 Å². The van der Waals surface area contributed by atoms with Gasteiger partial charge in [-0.3, -0.25) is 4.90 Å². The Morgan fingerprint density at radius 1 is 1.30 bits per heavy atom. The summed E-state index contributed by atoms with van der Waals surface area (Å²) in [6.45, 7) is 3.85. The molecule has 180 valence electrons. The molecule has 33 heavy (non-hydrogen) atoms. The highest BCUT2D eigenvalue weighted by Crippen LogP contribution is 2.29. The number of pyridine rings is 1. The normalized spacial score (nSPS) is 18.7. The number of nitrogens with zero attached hydrogens (tertiary/aromatic N) is 4. The van der Waals surface area contributed by atoms with E-state index in [1.54, 1.807) is 13.3 Å². The lowest BCUT2D eigenvalue weighted by atomic mass is 10.1.